The van der Waals surface area contributed by atoms with Gasteiger partial charge >= 0.3 is 6.03 Å². The summed E-state index contributed by atoms with van der Waals surface area (Å²) in [6.07, 6.45) is 4.10. The van der Waals surface area contributed by atoms with E-state index in [2.05, 4.69) is 36.8 Å². The van der Waals surface area contributed by atoms with Gasteiger partial charge in [-0.1, -0.05) is 0 Å². The molecule has 2 amide bonds. The van der Waals surface area contributed by atoms with Crippen LogP contribution < -0.4 is 9.80 Å². The van der Waals surface area contributed by atoms with Crippen LogP contribution in [-0.2, 0) is 0 Å². The number of hydrogen-bond donors (Lipinski definition) is 0. The number of anilines is 2. The Bertz CT molecular complexity index is 598. The van der Waals surface area contributed by atoms with Gasteiger partial charge in [0.2, 0.25) is 0 Å². The third-order valence-corrected chi connectivity index (χ3v) is 5.26. The largest absolute Gasteiger partial charge is 0.329 e. The van der Waals surface area contributed by atoms with Crippen molar-refractivity contribution in [2.75, 3.05) is 35.4 Å². The minimum atomic E-state index is 0.0498. The van der Waals surface area contributed by atoms with E-state index in [9.17, 15) is 4.79 Å². The average Bonchev–Trinajstić information content (AvgIpc) is 2.96. The maximum absolute atomic E-state index is 12.7. The van der Waals surface area contributed by atoms with E-state index in [1.165, 1.54) is 9.79 Å². The molecule has 1 aliphatic heterocycles. The number of hydrogen-bond acceptors (Lipinski definition) is 3. The molecule has 5 heteroatoms. The molecule has 3 nitrogen and oxygen atoms in total. The van der Waals surface area contributed by atoms with Crippen LogP contribution in [-0.4, -0.2) is 31.6 Å². The molecule has 22 heavy (non-hydrogen) atoms. The lowest BCUT2D eigenvalue weighted by Gasteiger charge is -2.19. The average molecular weight is 330 g/mol. The minimum Gasteiger partial charge on any atom is -0.292 e. The van der Waals surface area contributed by atoms with Gasteiger partial charge in [-0.15, -0.1) is 23.5 Å². The lowest BCUT2D eigenvalue weighted by Crippen LogP contribution is -2.31. The summed E-state index contributed by atoms with van der Waals surface area (Å²) in [5.74, 6) is 0. The van der Waals surface area contributed by atoms with E-state index in [1.807, 2.05) is 34.1 Å². The van der Waals surface area contributed by atoms with Crippen LogP contribution in [0.5, 0.6) is 0 Å². The van der Waals surface area contributed by atoms with Gasteiger partial charge in [0.15, 0.2) is 0 Å². The first-order valence-electron chi connectivity index (χ1n) is 7.10. The first-order valence-corrected chi connectivity index (χ1v) is 9.55. The summed E-state index contributed by atoms with van der Waals surface area (Å²) in [6.45, 7) is 1.45. The van der Waals surface area contributed by atoms with E-state index in [-0.39, 0.29) is 6.03 Å². The normalized spacial score (nSPS) is 14.7. The number of nitrogens with zero attached hydrogens (tertiary/aromatic N) is 2. The zero-order chi connectivity index (χ0) is 15.5. The van der Waals surface area contributed by atoms with Crippen molar-refractivity contribution in [2.45, 2.75) is 9.79 Å². The number of thioether (sulfide) groups is 2. The van der Waals surface area contributed by atoms with Gasteiger partial charge in [-0.2, -0.15) is 0 Å². The molecule has 1 aliphatic rings. The molecule has 0 atom stereocenters. The van der Waals surface area contributed by atoms with Crippen LogP contribution in [0.2, 0.25) is 0 Å². The van der Waals surface area contributed by atoms with Crippen molar-refractivity contribution in [3.8, 4) is 0 Å². The van der Waals surface area contributed by atoms with Gasteiger partial charge in [0.1, 0.15) is 0 Å². The van der Waals surface area contributed by atoms with E-state index >= 15 is 0 Å². The predicted molar refractivity (Wildman–Crippen MR) is 96.5 cm³/mol. The van der Waals surface area contributed by atoms with Crippen LogP contribution in [0.4, 0.5) is 16.2 Å². The summed E-state index contributed by atoms with van der Waals surface area (Å²) in [4.78, 5) is 18.8. The summed E-state index contributed by atoms with van der Waals surface area (Å²) >= 11 is 3.41. The molecular formula is C17H18N2OS2. The molecule has 0 radical (unpaired) electrons. The van der Waals surface area contributed by atoms with Gasteiger partial charge in [0, 0.05) is 34.3 Å². The van der Waals surface area contributed by atoms with E-state index < -0.39 is 0 Å². The summed E-state index contributed by atoms with van der Waals surface area (Å²) < 4.78 is 0. The molecule has 1 heterocycles. The van der Waals surface area contributed by atoms with Crippen molar-refractivity contribution in [1.82, 2.24) is 0 Å². The summed E-state index contributed by atoms with van der Waals surface area (Å²) in [7, 11) is 0. The zero-order valence-electron chi connectivity index (χ0n) is 12.7. The SMILES string of the molecule is CSc1ccc(N2CCN(c3ccc(SC)cc3)C2=O)cc1. The Morgan fingerprint density at radius 3 is 1.41 bits per heavy atom. The number of carbonyl (C=O) groups is 1. The van der Waals surface area contributed by atoms with Gasteiger partial charge in [-0.3, -0.25) is 9.80 Å². The van der Waals surface area contributed by atoms with Crippen molar-refractivity contribution in [3.63, 3.8) is 0 Å². The van der Waals surface area contributed by atoms with Crippen LogP contribution in [0.15, 0.2) is 58.3 Å². The molecule has 0 bridgehead atoms. The molecule has 0 spiro atoms. The quantitative estimate of drug-likeness (QED) is 0.767. The molecule has 3 rings (SSSR count). The number of benzene rings is 2. The molecule has 2 aromatic carbocycles. The maximum atomic E-state index is 12.7. The van der Waals surface area contributed by atoms with Crippen molar-refractivity contribution >= 4 is 40.9 Å². The Hall–Kier alpha value is -1.59. The highest BCUT2D eigenvalue weighted by Crippen LogP contribution is 2.28. The standard InChI is InChI=1S/C17H18N2OS2/c1-21-15-7-3-13(4-8-15)18-11-12-19(17(18)20)14-5-9-16(22-2)10-6-14/h3-10H,11-12H2,1-2H3. The number of carbonyl (C=O) groups excluding carboxylic acids is 1. The van der Waals surface area contributed by atoms with Crippen molar-refractivity contribution < 1.29 is 4.79 Å². The monoisotopic (exact) mass is 330 g/mol. The first-order chi connectivity index (χ1) is 10.7. The fraction of sp³-hybridized carbons (Fsp3) is 0.235. The van der Waals surface area contributed by atoms with Crippen LogP contribution in [0.1, 0.15) is 0 Å². The predicted octanol–water partition coefficient (Wildman–Crippen LogP) is 4.58. The van der Waals surface area contributed by atoms with Gasteiger partial charge in [0.25, 0.3) is 0 Å². The fourth-order valence-electron chi connectivity index (χ4n) is 2.54. The molecule has 0 saturated carbocycles. The van der Waals surface area contributed by atoms with Crippen LogP contribution in [0, 0.1) is 0 Å². The highest BCUT2D eigenvalue weighted by molar-refractivity contribution is 7.98. The second kappa shape index (κ2) is 6.67. The van der Waals surface area contributed by atoms with E-state index in [1.54, 1.807) is 23.5 Å². The number of urea groups is 1. The Balaban J connectivity index is 1.78. The summed E-state index contributed by atoms with van der Waals surface area (Å²) in [5.41, 5.74) is 1.93. The van der Waals surface area contributed by atoms with Crippen LogP contribution in [0.3, 0.4) is 0 Å². The van der Waals surface area contributed by atoms with Crippen molar-refractivity contribution in [2.24, 2.45) is 0 Å². The van der Waals surface area contributed by atoms with Gasteiger partial charge in [0.05, 0.1) is 0 Å². The third-order valence-electron chi connectivity index (χ3n) is 3.78. The van der Waals surface area contributed by atoms with Gasteiger partial charge in [-0.25, -0.2) is 4.79 Å². The molecule has 1 fully saturated rings. The van der Waals surface area contributed by atoms with E-state index in [0.29, 0.717) is 0 Å². The Labute approximate surface area is 139 Å². The van der Waals surface area contributed by atoms with Crippen molar-refractivity contribution in [3.05, 3.63) is 48.5 Å². The van der Waals surface area contributed by atoms with Crippen molar-refractivity contribution in [1.29, 1.82) is 0 Å². The highest BCUT2D eigenvalue weighted by Gasteiger charge is 2.30. The Morgan fingerprint density at radius 1 is 0.727 bits per heavy atom. The van der Waals surface area contributed by atoms with Gasteiger partial charge < -0.3 is 0 Å². The maximum Gasteiger partial charge on any atom is 0.329 e. The number of rotatable bonds is 4. The van der Waals surface area contributed by atoms with E-state index in [4.69, 9.17) is 0 Å². The van der Waals surface area contributed by atoms with Gasteiger partial charge in [-0.05, 0) is 61.0 Å². The molecular weight excluding hydrogens is 312 g/mol. The third kappa shape index (κ3) is 2.96. The second-order valence-corrected chi connectivity index (χ2v) is 6.74. The zero-order valence-corrected chi connectivity index (χ0v) is 14.3. The topological polar surface area (TPSA) is 23.6 Å². The van der Waals surface area contributed by atoms with Crippen LogP contribution >= 0.6 is 23.5 Å². The van der Waals surface area contributed by atoms with Crippen LogP contribution in [0.25, 0.3) is 0 Å². The molecule has 2 aromatic rings. The lowest BCUT2D eigenvalue weighted by atomic mass is 10.3. The highest BCUT2D eigenvalue weighted by atomic mass is 32.2. The second-order valence-electron chi connectivity index (χ2n) is 4.98. The summed E-state index contributed by atoms with van der Waals surface area (Å²) in [6, 6.07) is 16.4. The molecule has 0 aliphatic carbocycles. The van der Waals surface area contributed by atoms with E-state index in [0.717, 1.165) is 24.5 Å². The fourth-order valence-corrected chi connectivity index (χ4v) is 3.36. The first kappa shape index (κ1) is 15.3. The smallest absolute Gasteiger partial charge is 0.292 e. The molecule has 114 valence electrons. The molecule has 0 aromatic heterocycles. The molecule has 0 unspecified atom stereocenters. The minimum absolute atomic E-state index is 0.0498. The Kier molecular flexibility index (Phi) is 4.64. The number of amides is 2. The lowest BCUT2D eigenvalue weighted by molar-refractivity contribution is 0.256. The molecule has 0 N–H and O–H groups in total. The molecule has 1 saturated heterocycles. The summed E-state index contributed by atoms with van der Waals surface area (Å²) in [5, 5.41) is 0. The Morgan fingerprint density at radius 2 is 1.09 bits per heavy atom.